The number of hydrogen-bond donors (Lipinski definition) is 2. The molecule has 25 heavy (non-hydrogen) atoms. The summed E-state index contributed by atoms with van der Waals surface area (Å²) in [7, 11) is 0. The number of hydrazone groups is 1. The highest BCUT2D eigenvalue weighted by Crippen LogP contribution is 2.23. The minimum Gasteiger partial charge on any atom is -0.422 e. The third-order valence-corrected chi connectivity index (χ3v) is 3.94. The zero-order chi connectivity index (χ0) is 18.2. The molecule has 2 N–H and O–H groups in total. The molecule has 2 rings (SSSR count). The Hall–Kier alpha value is -1.96. The summed E-state index contributed by atoms with van der Waals surface area (Å²) in [5.41, 5.74) is 3.71. The van der Waals surface area contributed by atoms with Crippen molar-refractivity contribution in [3.05, 3.63) is 63.1 Å². The van der Waals surface area contributed by atoms with E-state index in [1.54, 1.807) is 42.5 Å². The number of thiocarbonyl (C=S) groups is 1. The van der Waals surface area contributed by atoms with Gasteiger partial charge in [-0.05, 0) is 61.6 Å². The van der Waals surface area contributed by atoms with Crippen LogP contribution < -0.4 is 15.5 Å². The van der Waals surface area contributed by atoms with E-state index in [1.165, 1.54) is 6.21 Å². The van der Waals surface area contributed by atoms with E-state index in [0.717, 1.165) is 4.47 Å². The molecule has 0 amide bonds. The SMILES string of the molecule is CCNC(=S)N/N=C\c1cc(Br)ccc1OC(=O)c1ccc(Cl)cc1. The highest BCUT2D eigenvalue weighted by atomic mass is 79.9. The van der Waals surface area contributed by atoms with Gasteiger partial charge in [-0.1, -0.05) is 27.5 Å². The first kappa shape index (κ1) is 19.4. The minimum atomic E-state index is -0.482. The Balaban J connectivity index is 2.14. The van der Waals surface area contributed by atoms with Crippen LogP contribution in [0.4, 0.5) is 0 Å². The van der Waals surface area contributed by atoms with Gasteiger partial charge in [-0.25, -0.2) is 4.79 Å². The fourth-order valence-electron chi connectivity index (χ4n) is 1.82. The van der Waals surface area contributed by atoms with Crippen molar-refractivity contribution in [1.29, 1.82) is 0 Å². The monoisotopic (exact) mass is 439 g/mol. The van der Waals surface area contributed by atoms with Crippen LogP contribution in [0.2, 0.25) is 5.02 Å². The first-order chi connectivity index (χ1) is 12.0. The van der Waals surface area contributed by atoms with E-state index in [1.807, 2.05) is 6.92 Å². The molecule has 0 aliphatic carbocycles. The second kappa shape index (κ2) is 9.50. The second-order valence-electron chi connectivity index (χ2n) is 4.81. The van der Waals surface area contributed by atoms with Crippen molar-refractivity contribution in [2.75, 3.05) is 6.54 Å². The largest absolute Gasteiger partial charge is 0.422 e. The van der Waals surface area contributed by atoms with Crippen molar-refractivity contribution in [3.8, 4) is 5.75 Å². The molecule has 0 saturated carbocycles. The molecule has 0 aromatic heterocycles. The van der Waals surface area contributed by atoms with Crippen molar-refractivity contribution < 1.29 is 9.53 Å². The van der Waals surface area contributed by atoms with Gasteiger partial charge in [-0.2, -0.15) is 5.10 Å². The van der Waals surface area contributed by atoms with Crippen LogP contribution in [0.15, 0.2) is 52.0 Å². The number of carbonyl (C=O) groups excluding carboxylic acids is 1. The molecule has 0 atom stereocenters. The summed E-state index contributed by atoms with van der Waals surface area (Å²) in [5.74, 6) is -0.104. The van der Waals surface area contributed by atoms with Crippen LogP contribution in [0.5, 0.6) is 5.75 Å². The quantitative estimate of drug-likeness (QED) is 0.240. The number of esters is 1. The summed E-state index contributed by atoms with van der Waals surface area (Å²) in [6.45, 7) is 2.63. The molecule has 0 unspecified atom stereocenters. The van der Waals surface area contributed by atoms with Gasteiger partial charge < -0.3 is 10.1 Å². The molecule has 0 spiro atoms. The van der Waals surface area contributed by atoms with E-state index < -0.39 is 5.97 Å². The van der Waals surface area contributed by atoms with Crippen LogP contribution in [0, 0.1) is 0 Å². The lowest BCUT2D eigenvalue weighted by molar-refractivity contribution is 0.0734. The molecule has 2 aromatic carbocycles. The predicted molar refractivity (Wildman–Crippen MR) is 108 cm³/mol. The lowest BCUT2D eigenvalue weighted by atomic mass is 10.2. The van der Waals surface area contributed by atoms with Gasteiger partial charge >= 0.3 is 5.97 Å². The predicted octanol–water partition coefficient (Wildman–Crippen LogP) is 4.14. The van der Waals surface area contributed by atoms with E-state index in [-0.39, 0.29) is 0 Å². The summed E-state index contributed by atoms with van der Waals surface area (Å²) in [6.07, 6.45) is 1.53. The number of ether oxygens (including phenoxy) is 1. The number of benzene rings is 2. The molecule has 5 nitrogen and oxygen atoms in total. The summed E-state index contributed by atoms with van der Waals surface area (Å²) in [4.78, 5) is 12.3. The standard InChI is InChI=1S/C17H15BrClN3O2S/c1-2-20-17(25)22-21-10-12-9-13(18)5-8-15(12)24-16(23)11-3-6-14(19)7-4-11/h3-10H,2H2,1H3,(H2,20,22,25)/b21-10-. The van der Waals surface area contributed by atoms with Gasteiger partial charge in [0.2, 0.25) is 0 Å². The Morgan fingerprint density at radius 3 is 2.72 bits per heavy atom. The number of carbonyl (C=O) groups is 1. The van der Waals surface area contributed by atoms with Gasteiger partial charge in [-0.3, -0.25) is 5.43 Å². The molecular formula is C17H15BrClN3O2S. The maximum atomic E-state index is 12.3. The Morgan fingerprint density at radius 1 is 1.32 bits per heavy atom. The number of hydrogen-bond acceptors (Lipinski definition) is 4. The van der Waals surface area contributed by atoms with Crippen molar-refractivity contribution >= 4 is 57.0 Å². The summed E-state index contributed by atoms with van der Waals surface area (Å²) in [6, 6.07) is 11.7. The Morgan fingerprint density at radius 2 is 2.04 bits per heavy atom. The average molecular weight is 441 g/mol. The lowest BCUT2D eigenvalue weighted by Crippen LogP contribution is -2.31. The van der Waals surface area contributed by atoms with E-state index in [4.69, 9.17) is 28.6 Å². The molecule has 8 heteroatoms. The van der Waals surface area contributed by atoms with Gasteiger partial charge in [0.1, 0.15) is 5.75 Å². The van der Waals surface area contributed by atoms with Gasteiger partial charge in [0.25, 0.3) is 0 Å². The van der Waals surface area contributed by atoms with Crippen LogP contribution in [-0.4, -0.2) is 23.8 Å². The summed E-state index contributed by atoms with van der Waals surface area (Å²) >= 11 is 14.2. The molecular weight excluding hydrogens is 426 g/mol. The van der Waals surface area contributed by atoms with E-state index in [9.17, 15) is 4.79 Å². The third-order valence-electron chi connectivity index (χ3n) is 2.96. The van der Waals surface area contributed by atoms with Crippen LogP contribution in [-0.2, 0) is 0 Å². The van der Waals surface area contributed by atoms with Gasteiger partial charge in [0.15, 0.2) is 5.11 Å². The number of nitrogens with zero attached hydrogens (tertiary/aromatic N) is 1. The zero-order valence-corrected chi connectivity index (χ0v) is 16.4. The van der Waals surface area contributed by atoms with Crippen molar-refractivity contribution in [2.24, 2.45) is 5.10 Å². The molecule has 0 saturated heterocycles. The van der Waals surface area contributed by atoms with Crippen molar-refractivity contribution in [1.82, 2.24) is 10.7 Å². The Kier molecular flexibility index (Phi) is 7.36. The van der Waals surface area contributed by atoms with Crippen LogP contribution in [0.3, 0.4) is 0 Å². The van der Waals surface area contributed by atoms with Crippen LogP contribution in [0.1, 0.15) is 22.8 Å². The molecule has 0 fully saturated rings. The van der Waals surface area contributed by atoms with Gasteiger partial charge in [0.05, 0.1) is 11.8 Å². The van der Waals surface area contributed by atoms with Gasteiger partial charge in [-0.15, -0.1) is 0 Å². The topological polar surface area (TPSA) is 62.7 Å². The highest BCUT2D eigenvalue weighted by Gasteiger charge is 2.11. The molecule has 0 radical (unpaired) electrons. The number of nitrogens with one attached hydrogen (secondary N) is 2. The van der Waals surface area contributed by atoms with Gasteiger partial charge in [0, 0.05) is 21.6 Å². The molecule has 130 valence electrons. The fourth-order valence-corrected chi connectivity index (χ4v) is 2.52. The lowest BCUT2D eigenvalue weighted by Gasteiger charge is -2.08. The summed E-state index contributed by atoms with van der Waals surface area (Å²) < 4.78 is 6.29. The van der Waals surface area contributed by atoms with Crippen molar-refractivity contribution in [3.63, 3.8) is 0 Å². The van der Waals surface area contributed by atoms with Crippen LogP contribution >= 0.6 is 39.7 Å². The van der Waals surface area contributed by atoms with E-state index in [2.05, 4.69) is 31.8 Å². The highest BCUT2D eigenvalue weighted by molar-refractivity contribution is 9.10. The van der Waals surface area contributed by atoms with E-state index >= 15 is 0 Å². The average Bonchev–Trinajstić information content (AvgIpc) is 2.58. The maximum absolute atomic E-state index is 12.3. The Bertz CT molecular complexity index is 797. The second-order valence-corrected chi connectivity index (χ2v) is 6.57. The first-order valence-electron chi connectivity index (χ1n) is 7.34. The first-order valence-corrected chi connectivity index (χ1v) is 8.91. The molecule has 0 bridgehead atoms. The van der Waals surface area contributed by atoms with E-state index in [0.29, 0.717) is 33.6 Å². The smallest absolute Gasteiger partial charge is 0.343 e. The zero-order valence-electron chi connectivity index (χ0n) is 13.3. The minimum absolute atomic E-state index is 0.378. The molecule has 2 aromatic rings. The summed E-state index contributed by atoms with van der Waals surface area (Å²) in [5, 5.41) is 7.92. The number of rotatable bonds is 5. The fraction of sp³-hybridized carbons (Fsp3) is 0.118. The Labute approximate surface area is 164 Å². The third kappa shape index (κ3) is 6.12. The number of halogens is 2. The maximum Gasteiger partial charge on any atom is 0.343 e. The normalized spacial score (nSPS) is 10.5. The van der Waals surface area contributed by atoms with Crippen molar-refractivity contribution in [2.45, 2.75) is 6.92 Å². The molecule has 0 heterocycles. The molecule has 0 aliphatic heterocycles. The molecule has 0 aliphatic rings. The van der Waals surface area contributed by atoms with Crippen LogP contribution in [0.25, 0.3) is 0 Å².